The highest BCUT2D eigenvalue weighted by Crippen LogP contribution is 2.28. The molecule has 2 N–H and O–H groups in total. The van der Waals surface area contributed by atoms with Gasteiger partial charge in [-0.3, -0.25) is 9.59 Å². The molecule has 0 bridgehead atoms. The summed E-state index contributed by atoms with van der Waals surface area (Å²) < 4.78 is 10.2. The number of nitrogens with one attached hydrogen (secondary N) is 2. The number of hydrogen-bond donors (Lipinski definition) is 2. The molecule has 0 aliphatic carbocycles. The maximum atomic E-state index is 12.0. The van der Waals surface area contributed by atoms with E-state index in [2.05, 4.69) is 10.6 Å². The SMILES string of the molecule is COCC(C)NC(=O)c1ccc2c(c1)OCC(=O)N2. The van der Waals surface area contributed by atoms with Crippen LogP contribution in [0.5, 0.6) is 5.75 Å². The molecule has 1 aliphatic heterocycles. The summed E-state index contributed by atoms with van der Waals surface area (Å²) in [6, 6.07) is 4.84. The molecule has 2 amide bonds. The number of methoxy groups -OCH3 is 1. The van der Waals surface area contributed by atoms with Crippen LogP contribution in [0, 0.1) is 0 Å². The van der Waals surface area contributed by atoms with Gasteiger partial charge < -0.3 is 20.1 Å². The van der Waals surface area contributed by atoms with Crippen molar-refractivity contribution in [3.63, 3.8) is 0 Å². The van der Waals surface area contributed by atoms with Gasteiger partial charge in [0.15, 0.2) is 6.61 Å². The number of hydrogen-bond acceptors (Lipinski definition) is 4. The van der Waals surface area contributed by atoms with Crippen LogP contribution in [0.3, 0.4) is 0 Å². The van der Waals surface area contributed by atoms with Gasteiger partial charge in [-0.1, -0.05) is 0 Å². The average molecular weight is 264 g/mol. The number of carbonyl (C=O) groups is 2. The van der Waals surface area contributed by atoms with Gasteiger partial charge in [-0.05, 0) is 25.1 Å². The Morgan fingerprint density at radius 1 is 1.58 bits per heavy atom. The van der Waals surface area contributed by atoms with Gasteiger partial charge in [-0.25, -0.2) is 0 Å². The van der Waals surface area contributed by atoms with E-state index in [1.54, 1.807) is 25.3 Å². The number of carbonyl (C=O) groups excluding carboxylic acids is 2. The number of amides is 2. The monoisotopic (exact) mass is 264 g/mol. The van der Waals surface area contributed by atoms with Gasteiger partial charge in [0.05, 0.1) is 12.3 Å². The van der Waals surface area contributed by atoms with Crippen LogP contribution in [0.25, 0.3) is 0 Å². The van der Waals surface area contributed by atoms with Gasteiger partial charge in [-0.15, -0.1) is 0 Å². The van der Waals surface area contributed by atoms with Crippen LogP contribution in [-0.4, -0.2) is 38.2 Å². The Labute approximate surface area is 111 Å². The lowest BCUT2D eigenvalue weighted by molar-refractivity contribution is -0.118. The van der Waals surface area contributed by atoms with Crippen molar-refractivity contribution in [2.75, 3.05) is 25.6 Å². The van der Waals surface area contributed by atoms with Crippen molar-refractivity contribution < 1.29 is 19.1 Å². The number of anilines is 1. The minimum absolute atomic E-state index is 0.0296. The fraction of sp³-hybridized carbons (Fsp3) is 0.385. The summed E-state index contributed by atoms with van der Waals surface area (Å²) in [4.78, 5) is 23.1. The molecule has 0 spiro atoms. The molecular formula is C13H16N2O4. The molecule has 1 atom stereocenters. The molecule has 0 radical (unpaired) electrons. The first kappa shape index (κ1) is 13.4. The first-order valence-corrected chi connectivity index (χ1v) is 5.96. The molecule has 1 aromatic rings. The molecule has 1 heterocycles. The van der Waals surface area contributed by atoms with Crippen LogP contribution in [0.15, 0.2) is 18.2 Å². The Morgan fingerprint density at radius 2 is 2.37 bits per heavy atom. The Bertz CT molecular complexity index is 501. The van der Waals surface area contributed by atoms with Crippen molar-refractivity contribution in [1.82, 2.24) is 5.32 Å². The van der Waals surface area contributed by atoms with Gasteiger partial charge in [-0.2, -0.15) is 0 Å². The van der Waals surface area contributed by atoms with E-state index in [1.807, 2.05) is 6.92 Å². The zero-order valence-electron chi connectivity index (χ0n) is 10.9. The van der Waals surface area contributed by atoms with E-state index < -0.39 is 0 Å². The van der Waals surface area contributed by atoms with Crippen molar-refractivity contribution in [2.45, 2.75) is 13.0 Å². The quantitative estimate of drug-likeness (QED) is 0.842. The van der Waals surface area contributed by atoms with E-state index in [0.29, 0.717) is 23.6 Å². The van der Waals surface area contributed by atoms with E-state index in [9.17, 15) is 9.59 Å². The largest absolute Gasteiger partial charge is 0.482 e. The van der Waals surface area contributed by atoms with Gasteiger partial charge in [0.25, 0.3) is 11.8 Å². The van der Waals surface area contributed by atoms with E-state index in [4.69, 9.17) is 9.47 Å². The third-order valence-electron chi connectivity index (χ3n) is 2.67. The summed E-state index contributed by atoms with van der Waals surface area (Å²) in [5, 5.41) is 5.48. The third kappa shape index (κ3) is 3.23. The second-order valence-electron chi connectivity index (χ2n) is 4.38. The molecule has 0 aromatic heterocycles. The van der Waals surface area contributed by atoms with Gasteiger partial charge in [0.1, 0.15) is 5.75 Å². The minimum Gasteiger partial charge on any atom is -0.482 e. The van der Waals surface area contributed by atoms with Crippen LogP contribution in [0.4, 0.5) is 5.69 Å². The standard InChI is InChI=1S/C13H16N2O4/c1-8(6-18-2)14-13(17)9-3-4-10-11(5-9)19-7-12(16)15-10/h3-5,8H,6-7H2,1-2H3,(H,14,17)(H,15,16). The number of rotatable bonds is 4. The van der Waals surface area contributed by atoms with Gasteiger partial charge in [0, 0.05) is 18.7 Å². The molecule has 0 fully saturated rings. The predicted molar refractivity (Wildman–Crippen MR) is 69.4 cm³/mol. The second kappa shape index (κ2) is 5.71. The summed E-state index contributed by atoms with van der Waals surface area (Å²) in [6.45, 7) is 2.28. The van der Waals surface area contributed by atoms with Crippen LogP contribution >= 0.6 is 0 Å². The molecule has 1 unspecified atom stereocenters. The third-order valence-corrected chi connectivity index (χ3v) is 2.67. The zero-order valence-corrected chi connectivity index (χ0v) is 10.9. The van der Waals surface area contributed by atoms with Crippen LogP contribution in [-0.2, 0) is 9.53 Å². The molecule has 0 saturated carbocycles. The molecule has 0 saturated heterocycles. The minimum atomic E-state index is -0.201. The fourth-order valence-corrected chi connectivity index (χ4v) is 1.81. The summed E-state index contributed by atoms with van der Waals surface area (Å²) in [5.74, 6) is 0.109. The van der Waals surface area contributed by atoms with E-state index >= 15 is 0 Å². The van der Waals surface area contributed by atoms with Crippen molar-refractivity contribution in [3.05, 3.63) is 23.8 Å². The van der Waals surface area contributed by atoms with Crippen LogP contribution in [0.1, 0.15) is 17.3 Å². The van der Waals surface area contributed by atoms with Gasteiger partial charge >= 0.3 is 0 Å². The molecule has 1 aromatic carbocycles. The first-order chi connectivity index (χ1) is 9.10. The second-order valence-corrected chi connectivity index (χ2v) is 4.38. The highest BCUT2D eigenvalue weighted by atomic mass is 16.5. The number of benzene rings is 1. The average Bonchev–Trinajstić information content (AvgIpc) is 2.38. The molecule has 6 heteroatoms. The molecule has 1 aliphatic rings. The van der Waals surface area contributed by atoms with E-state index in [0.717, 1.165) is 0 Å². The highest BCUT2D eigenvalue weighted by molar-refractivity contribution is 5.99. The first-order valence-electron chi connectivity index (χ1n) is 5.96. The summed E-state index contributed by atoms with van der Waals surface area (Å²) in [6.07, 6.45) is 0. The highest BCUT2D eigenvalue weighted by Gasteiger charge is 2.18. The normalized spacial score (nSPS) is 14.9. The lowest BCUT2D eigenvalue weighted by atomic mass is 10.1. The van der Waals surface area contributed by atoms with Crippen molar-refractivity contribution >= 4 is 17.5 Å². The maximum Gasteiger partial charge on any atom is 0.262 e. The predicted octanol–water partition coefficient (Wildman–Crippen LogP) is 0.782. The smallest absolute Gasteiger partial charge is 0.262 e. The number of fused-ring (bicyclic) bond motifs is 1. The Kier molecular flexibility index (Phi) is 4.01. The maximum absolute atomic E-state index is 12.0. The molecule has 102 valence electrons. The Hall–Kier alpha value is -2.08. The van der Waals surface area contributed by atoms with E-state index in [-0.39, 0.29) is 24.5 Å². The Morgan fingerprint density at radius 3 is 3.11 bits per heavy atom. The molecule has 6 nitrogen and oxygen atoms in total. The summed E-state index contributed by atoms with van der Waals surface area (Å²) >= 11 is 0. The van der Waals surface area contributed by atoms with Crippen LogP contribution < -0.4 is 15.4 Å². The van der Waals surface area contributed by atoms with Crippen molar-refractivity contribution in [2.24, 2.45) is 0 Å². The fourth-order valence-electron chi connectivity index (χ4n) is 1.81. The summed E-state index contributed by atoms with van der Waals surface area (Å²) in [7, 11) is 1.58. The van der Waals surface area contributed by atoms with E-state index in [1.165, 1.54) is 0 Å². The molecule has 2 rings (SSSR count). The van der Waals surface area contributed by atoms with Crippen LogP contribution in [0.2, 0.25) is 0 Å². The summed E-state index contributed by atoms with van der Waals surface area (Å²) in [5.41, 5.74) is 1.07. The lowest BCUT2D eigenvalue weighted by Crippen LogP contribution is -2.35. The number of ether oxygens (including phenoxy) is 2. The van der Waals surface area contributed by atoms with Crippen molar-refractivity contribution in [3.8, 4) is 5.75 Å². The Balaban J connectivity index is 2.09. The lowest BCUT2D eigenvalue weighted by Gasteiger charge is -2.19. The topological polar surface area (TPSA) is 76.7 Å². The van der Waals surface area contributed by atoms with Gasteiger partial charge in [0.2, 0.25) is 0 Å². The zero-order chi connectivity index (χ0) is 13.8. The molecular weight excluding hydrogens is 248 g/mol. The van der Waals surface area contributed by atoms with Crippen molar-refractivity contribution in [1.29, 1.82) is 0 Å². The molecule has 19 heavy (non-hydrogen) atoms.